The van der Waals surface area contributed by atoms with Crippen molar-refractivity contribution in [3.63, 3.8) is 0 Å². The molecule has 1 saturated heterocycles. The first-order chi connectivity index (χ1) is 11.8. The highest BCUT2D eigenvalue weighted by Crippen LogP contribution is 2.21. The Hall–Kier alpha value is -2.62. The lowest BCUT2D eigenvalue weighted by atomic mass is 10.1. The number of hydrogen-bond acceptors (Lipinski definition) is 4. The maximum atomic E-state index is 4.69. The van der Waals surface area contributed by atoms with Crippen LogP contribution in [0, 0.1) is 6.92 Å². The van der Waals surface area contributed by atoms with Crippen molar-refractivity contribution in [2.75, 3.05) is 23.3 Å². The summed E-state index contributed by atoms with van der Waals surface area (Å²) in [6.07, 6.45) is 4.52. The molecule has 1 aliphatic heterocycles. The van der Waals surface area contributed by atoms with E-state index in [0.29, 0.717) is 0 Å². The molecule has 0 bridgehead atoms. The lowest BCUT2D eigenvalue weighted by molar-refractivity contribution is 0.932. The third-order valence-corrected chi connectivity index (χ3v) is 4.64. The molecule has 0 unspecified atom stereocenters. The summed E-state index contributed by atoms with van der Waals surface area (Å²) in [7, 11) is 0. The van der Waals surface area contributed by atoms with Gasteiger partial charge in [-0.05, 0) is 49.1 Å². The number of rotatable bonds is 4. The summed E-state index contributed by atoms with van der Waals surface area (Å²) < 4.78 is 0. The van der Waals surface area contributed by atoms with E-state index in [1.807, 2.05) is 12.3 Å². The standard InChI is InChI=1S/C20H22N4/c1-15-12-19(23-18-7-3-2-6-17(15)18)21-13-16-8-9-20(22-14-16)24-10-4-5-11-24/h2-3,6-9,12,14H,4-5,10-11,13H2,1H3,(H,21,23). The lowest BCUT2D eigenvalue weighted by Crippen LogP contribution is -2.18. The number of anilines is 2. The summed E-state index contributed by atoms with van der Waals surface area (Å²) in [4.78, 5) is 11.7. The second-order valence-electron chi connectivity index (χ2n) is 6.41. The molecule has 1 aliphatic rings. The Balaban J connectivity index is 1.46. The van der Waals surface area contributed by atoms with Crippen LogP contribution in [0.1, 0.15) is 24.0 Å². The van der Waals surface area contributed by atoms with Gasteiger partial charge >= 0.3 is 0 Å². The number of hydrogen-bond donors (Lipinski definition) is 1. The van der Waals surface area contributed by atoms with E-state index in [-0.39, 0.29) is 0 Å². The van der Waals surface area contributed by atoms with Gasteiger partial charge < -0.3 is 10.2 Å². The molecule has 3 aromatic rings. The van der Waals surface area contributed by atoms with Gasteiger partial charge in [0.05, 0.1) is 5.52 Å². The first-order valence-electron chi connectivity index (χ1n) is 8.60. The van der Waals surface area contributed by atoms with Gasteiger partial charge in [0.1, 0.15) is 11.6 Å². The minimum Gasteiger partial charge on any atom is -0.366 e. The van der Waals surface area contributed by atoms with Crippen LogP contribution in [0.3, 0.4) is 0 Å². The van der Waals surface area contributed by atoms with Crippen LogP contribution < -0.4 is 10.2 Å². The van der Waals surface area contributed by atoms with E-state index >= 15 is 0 Å². The third-order valence-electron chi connectivity index (χ3n) is 4.64. The Bertz CT molecular complexity index is 836. The average molecular weight is 318 g/mol. The zero-order valence-corrected chi connectivity index (χ0v) is 14.0. The Morgan fingerprint density at radius 2 is 1.92 bits per heavy atom. The van der Waals surface area contributed by atoms with Crippen LogP contribution >= 0.6 is 0 Å². The zero-order valence-electron chi connectivity index (χ0n) is 14.0. The van der Waals surface area contributed by atoms with Crippen molar-refractivity contribution in [3.05, 3.63) is 59.8 Å². The van der Waals surface area contributed by atoms with E-state index in [9.17, 15) is 0 Å². The molecule has 0 radical (unpaired) electrons. The van der Waals surface area contributed by atoms with Crippen LogP contribution in [0.25, 0.3) is 10.9 Å². The van der Waals surface area contributed by atoms with E-state index in [2.05, 4.69) is 58.5 Å². The summed E-state index contributed by atoms with van der Waals surface area (Å²) in [5.74, 6) is 2.01. The molecule has 1 N–H and O–H groups in total. The molecule has 122 valence electrons. The molecule has 0 amide bonds. The molecule has 4 nitrogen and oxygen atoms in total. The highest BCUT2D eigenvalue weighted by Gasteiger charge is 2.12. The number of aryl methyl sites for hydroxylation is 1. The summed E-state index contributed by atoms with van der Waals surface area (Å²) in [6.45, 7) is 5.12. The van der Waals surface area contributed by atoms with Crippen molar-refractivity contribution in [2.45, 2.75) is 26.3 Å². The van der Waals surface area contributed by atoms with Gasteiger partial charge in [-0.2, -0.15) is 0 Å². The maximum Gasteiger partial charge on any atom is 0.128 e. The number of nitrogens with one attached hydrogen (secondary N) is 1. The molecule has 0 spiro atoms. The Morgan fingerprint density at radius 1 is 1.08 bits per heavy atom. The van der Waals surface area contributed by atoms with Crippen LogP contribution in [0.2, 0.25) is 0 Å². The van der Waals surface area contributed by atoms with Crippen LogP contribution in [0.15, 0.2) is 48.7 Å². The van der Waals surface area contributed by atoms with Crippen LogP contribution in [0.4, 0.5) is 11.6 Å². The summed E-state index contributed by atoms with van der Waals surface area (Å²) in [6, 6.07) is 14.6. The molecular formula is C20H22N4. The van der Waals surface area contributed by atoms with Crippen molar-refractivity contribution < 1.29 is 0 Å². The van der Waals surface area contributed by atoms with Gasteiger partial charge in [-0.25, -0.2) is 9.97 Å². The molecule has 0 saturated carbocycles. The highest BCUT2D eigenvalue weighted by molar-refractivity contribution is 5.83. The van der Waals surface area contributed by atoms with Crippen LogP contribution in [-0.4, -0.2) is 23.1 Å². The van der Waals surface area contributed by atoms with Gasteiger partial charge in [0, 0.05) is 31.2 Å². The minimum atomic E-state index is 0.734. The summed E-state index contributed by atoms with van der Waals surface area (Å²) in [5, 5.41) is 4.63. The van der Waals surface area contributed by atoms with Gasteiger partial charge in [-0.15, -0.1) is 0 Å². The number of fused-ring (bicyclic) bond motifs is 1. The maximum absolute atomic E-state index is 4.69. The Morgan fingerprint density at radius 3 is 2.71 bits per heavy atom. The van der Waals surface area contributed by atoms with Gasteiger partial charge in [-0.1, -0.05) is 24.3 Å². The number of aromatic nitrogens is 2. The average Bonchev–Trinajstić information content (AvgIpc) is 3.15. The second-order valence-corrected chi connectivity index (χ2v) is 6.41. The fraction of sp³-hybridized carbons (Fsp3) is 0.300. The van der Waals surface area contributed by atoms with E-state index < -0.39 is 0 Å². The monoisotopic (exact) mass is 318 g/mol. The highest BCUT2D eigenvalue weighted by atomic mass is 15.2. The normalized spacial score (nSPS) is 14.3. The molecule has 1 aromatic carbocycles. The minimum absolute atomic E-state index is 0.734. The van der Waals surface area contributed by atoms with Crippen LogP contribution in [0.5, 0.6) is 0 Å². The second kappa shape index (κ2) is 6.48. The lowest BCUT2D eigenvalue weighted by Gasteiger charge is -2.16. The van der Waals surface area contributed by atoms with E-state index in [1.54, 1.807) is 0 Å². The molecular weight excluding hydrogens is 296 g/mol. The molecule has 2 aromatic heterocycles. The zero-order chi connectivity index (χ0) is 16.4. The largest absolute Gasteiger partial charge is 0.366 e. The molecule has 1 fully saturated rings. The summed E-state index contributed by atoms with van der Waals surface area (Å²) >= 11 is 0. The van der Waals surface area contributed by atoms with E-state index in [4.69, 9.17) is 4.98 Å². The van der Waals surface area contributed by atoms with Gasteiger partial charge in [0.25, 0.3) is 0 Å². The van der Waals surface area contributed by atoms with Gasteiger partial charge in [0.15, 0.2) is 0 Å². The predicted octanol–water partition coefficient (Wildman–Crippen LogP) is 4.15. The van der Waals surface area contributed by atoms with E-state index in [1.165, 1.54) is 29.4 Å². The van der Waals surface area contributed by atoms with Crippen molar-refractivity contribution >= 4 is 22.5 Å². The van der Waals surface area contributed by atoms with Crippen molar-refractivity contribution in [1.82, 2.24) is 9.97 Å². The first kappa shape index (κ1) is 14.9. The molecule has 3 heterocycles. The molecule has 24 heavy (non-hydrogen) atoms. The number of benzene rings is 1. The quantitative estimate of drug-likeness (QED) is 0.784. The predicted molar refractivity (Wildman–Crippen MR) is 99.5 cm³/mol. The van der Waals surface area contributed by atoms with Crippen LogP contribution in [-0.2, 0) is 6.54 Å². The first-order valence-corrected chi connectivity index (χ1v) is 8.60. The fourth-order valence-electron chi connectivity index (χ4n) is 3.29. The molecule has 4 rings (SSSR count). The topological polar surface area (TPSA) is 41.0 Å². The molecule has 4 heteroatoms. The molecule has 0 aliphatic carbocycles. The van der Waals surface area contributed by atoms with Crippen molar-refractivity contribution in [3.8, 4) is 0 Å². The Kier molecular flexibility index (Phi) is 4.03. The smallest absolute Gasteiger partial charge is 0.128 e. The fourth-order valence-corrected chi connectivity index (χ4v) is 3.29. The SMILES string of the molecule is Cc1cc(NCc2ccc(N3CCCC3)nc2)nc2ccccc12. The number of pyridine rings is 2. The van der Waals surface area contributed by atoms with Crippen molar-refractivity contribution in [1.29, 1.82) is 0 Å². The van der Waals surface area contributed by atoms with Gasteiger partial charge in [-0.3, -0.25) is 0 Å². The van der Waals surface area contributed by atoms with Crippen molar-refractivity contribution in [2.24, 2.45) is 0 Å². The van der Waals surface area contributed by atoms with E-state index in [0.717, 1.165) is 36.8 Å². The number of para-hydroxylation sites is 1. The van der Waals surface area contributed by atoms with Gasteiger partial charge in [0.2, 0.25) is 0 Å². The summed E-state index contributed by atoms with van der Waals surface area (Å²) in [5.41, 5.74) is 3.44. The number of nitrogens with zero attached hydrogens (tertiary/aromatic N) is 3. The molecule has 0 atom stereocenters. The Labute approximate surface area is 142 Å². The third kappa shape index (κ3) is 3.04.